The highest BCUT2D eigenvalue weighted by molar-refractivity contribution is 5.76. The fourth-order valence-corrected chi connectivity index (χ4v) is 3.08. The van der Waals surface area contributed by atoms with Crippen molar-refractivity contribution in [2.45, 2.75) is 57.4 Å². The van der Waals surface area contributed by atoms with Crippen molar-refractivity contribution < 1.29 is 14.7 Å². The molecule has 0 spiro atoms. The summed E-state index contributed by atoms with van der Waals surface area (Å²) in [7, 11) is 0. The molecular weight excluding hydrogens is 278 g/mol. The first-order valence-electron chi connectivity index (χ1n) is 8.13. The van der Waals surface area contributed by atoms with Crippen molar-refractivity contribution in [3.05, 3.63) is 35.9 Å². The normalized spacial score (nSPS) is 22.8. The lowest BCUT2D eigenvalue weighted by molar-refractivity contribution is -0.142. The van der Waals surface area contributed by atoms with Gasteiger partial charge < -0.3 is 10.4 Å². The van der Waals surface area contributed by atoms with Crippen LogP contribution in [0.1, 0.15) is 56.9 Å². The van der Waals surface area contributed by atoms with E-state index in [0.29, 0.717) is 25.2 Å². The van der Waals surface area contributed by atoms with Gasteiger partial charge in [0.25, 0.3) is 0 Å². The molecule has 4 heteroatoms. The van der Waals surface area contributed by atoms with Crippen LogP contribution in [0.15, 0.2) is 30.3 Å². The van der Waals surface area contributed by atoms with Crippen molar-refractivity contribution in [1.29, 1.82) is 0 Å². The predicted molar refractivity (Wildman–Crippen MR) is 85.6 cm³/mol. The first-order chi connectivity index (χ1) is 10.6. The van der Waals surface area contributed by atoms with Crippen LogP contribution in [0.2, 0.25) is 0 Å². The fraction of sp³-hybridized carbons (Fsp3) is 0.556. The van der Waals surface area contributed by atoms with Crippen molar-refractivity contribution >= 4 is 11.9 Å². The Labute approximate surface area is 131 Å². The molecular formula is C18H25NO3. The number of hydrogen-bond donors (Lipinski definition) is 2. The highest BCUT2D eigenvalue weighted by Crippen LogP contribution is 2.25. The highest BCUT2D eigenvalue weighted by Gasteiger charge is 2.26. The summed E-state index contributed by atoms with van der Waals surface area (Å²) in [5.74, 6) is -0.482. The van der Waals surface area contributed by atoms with Gasteiger partial charge in [-0.3, -0.25) is 9.59 Å². The number of carboxylic acids is 1. The molecule has 120 valence electrons. The van der Waals surface area contributed by atoms with Gasteiger partial charge in [-0.2, -0.15) is 0 Å². The van der Waals surface area contributed by atoms with E-state index in [1.165, 1.54) is 5.56 Å². The van der Waals surface area contributed by atoms with E-state index in [4.69, 9.17) is 5.11 Å². The molecule has 0 bridgehead atoms. The smallest absolute Gasteiger partial charge is 0.306 e. The summed E-state index contributed by atoms with van der Waals surface area (Å²) in [4.78, 5) is 22.9. The van der Waals surface area contributed by atoms with Crippen LogP contribution < -0.4 is 5.32 Å². The largest absolute Gasteiger partial charge is 0.481 e. The minimum absolute atomic E-state index is 0.0848. The number of carboxylic acid groups (broad SMARTS) is 1. The molecule has 1 aromatic rings. The number of hydrogen-bond acceptors (Lipinski definition) is 2. The van der Waals surface area contributed by atoms with Crippen LogP contribution in [0.3, 0.4) is 0 Å². The molecule has 1 aliphatic carbocycles. The Bertz CT molecular complexity index is 492. The van der Waals surface area contributed by atoms with Crippen LogP contribution in [-0.2, 0) is 9.59 Å². The number of nitrogens with one attached hydrogen (secondary N) is 1. The van der Waals surface area contributed by atoms with Gasteiger partial charge in [0.2, 0.25) is 5.91 Å². The van der Waals surface area contributed by atoms with E-state index in [1.54, 1.807) is 0 Å². The molecule has 1 saturated carbocycles. The van der Waals surface area contributed by atoms with E-state index in [2.05, 4.69) is 24.4 Å². The first kappa shape index (κ1) is 16.5. The van der Waals surface area contributed by atoms with E-state index in [0.717, 1.165) is 19.3 Å². The van der Waals surface area contributed by atoms with Gasteiger partial charge in [-0.25, -0.2) is 0 Å². The summed E-state index contributed by atoms with van der Waals surface area (Å²) < 4.78 is 0. The molecule has 0 aliphatic heterocycles. The third-order valence-electron chi connectivity index (χ3n) is 4.61. The van der Waals surface area contributed by atoms with Crippen molar-refractivity contribution in [3.8, 4) is 0 Å². The molecule has 4 nitrogen and oxygen atoms in total. The van der Waals surface area contributed by atoms with Crippen molar-refractivity contribution in [2.75, 3.05) is 0 Å². The average molecular weight is 303 g/mol. The number of benzene rings is 1. The van der Waals surface area contributed by atoms with E-state index in [-0.39, 0.29) is 17.9 Å². The van der Waals surface area contributed by atoms with Gasteiger partial charge in [0, 0.05) is 12.5 Å². The number of carbonyl (C=O) groups excluding carboxylic acids is 1. The van der Waals surface area contributed by atoms with Crippen LogP contribution >= 0.6 is 0 Å². The first-order valence-corrected chi connectivity index (χ1v) is 8.13. The van der Waals surface area contributed by atoms with Crippen molar-refractivity contribution in [1.82, 2.24) is 5.32 Å². The second kappa shape index (κ2) is 7.97. The monoisotopic (exact) mass is 303 g/mol. The maximum Gasteiger partial charge on any atom is 0.306 e. The van der Waals surface area contributed by atoms with Crippen LogP contribution in [0.25, 0.3) is 0 Å². The number of amides is 1. The average Bonchev–Trinajstić information content (AvgIpc) is 2.54. The second-order valence-electron chi connectivity index (χ2n) is 6.30. The predicted octanol–water partition coefficient (Wildman–Crippen LogP) is 3.33. The molecule has 1 fully saturated rings. The lowest BCUT2D eigenvalue weighted by atomic mass is 9.86. The molecule has 0 heterocycles. The van der Waals surface area contributed by atoms with Gasteiger partial charge in [-0.05, 0) is 43.6 Å². The van der Waals surface area contributed by atoms with Crippen molar-refractivity contribution in [2.24, 2.45) is 5.92 Å². The standard InChI is InChI=1S/C18H25NO3/c1-13(14-5-3-2-4-6-14)7-12-17(20)19-16-10-8-15(9-11-16)18(21)22/h2-6,13,15-16H,7-12H2,1H3,(H,19,20)(H,21,22). The number of carbonyl (C=O) groups is 2. The topological polar surface area (TPSA) is 66.4 Å². The molecule has 0 aromatic heterocycles. The third kappa shape index (κ3) is 4.86. The summed E-state index contributed by atoms with van der Waals surface area (Å²) in [5, 5.41) is 12.0. The highest BCUT2D eigenvalue weighted by atomic mass is 16.4. The van der Waals surface area contributed by atoms with Crippen LogP contribution in [-0.4, -0.2) is 23.0 Å². The van der Waals surface area contributed by atoms with E-state index < -0.39 is 5.97 Å². The lowest BCUT2D eigenvalue weighted by Crippen LogP contribution is -2.38. The zero-order valence-corrected chi connectivity index (χ0v) is 13.1. The Morgan fingerprint density at radius 2 is 1.82 bits per heavy atom. The third-order valence-corrected chi connectivity index (χ3v) is 4.61. The van der Waals surface area contributed by atoms with Crippen LogP contribution in [0.4, 0.5) is 0 Å². The van der Waals surface area contributed by atoms with E-state index >= 15 is 0 Å². The Kier molecular flexibility index (Phi) is 5.99. The Balaban J connectivity index is 1.69. The summed E-state index contributed by atoms with van der Waals surface area (Å²) in [6, 6.07) is 10.4. The quantitative estimate of drug-likeness (QED) is 0.847. The minimum atomic E-state index is -0.707. The maximum absolute atomic E-state index is 12.0. The van der Waals surface area contributed by atoms with Crippen LogP contribution in [0.5, 0.6) is 0 Å². The lowest BCUT2D eigenvalue weighted by Gasteiger charge is -2.27. The van der Waals surface area contributed by atoms with Gasteiger partial charge in [0.1, 0.15) is 0 Å². The molecule has 1 atom stereocenters. The van der Waals surface area contributed by atoms with Gasteiger partial charge >= 0.3 is 5.97 Å². The molecule has 1 amide bonds. The molecule has 2 rings (SSSR count). The molecule has 1 aromatic carbocycles. The van der Waals surface area contributed by atoms with E-state index in [1.807, 2.05) is 18.2 Å². The van der Waals surface area contributed by atoms with Gasteiger partial charge in [-0.1, -0.05) is 37.3 Å². The van der Waals surface area contributed by atoms with Gasteiger partial charge in [0.15, 0.2) is 0 Å². The number of rotatable bonds is 6. The van der Waals surface area contributed by atoms with Crippen LogP contribution in [0, 0.1) is 5.92 Å². The van der Waals surface area contributed by atoms with Crippen molar-refractivity contribution in [3.63, 3.8) is 0 Å². The minimum Gasteiger partial charge on any atom is -0.481 e. The summed E-state index contributed by atoms with van der Waals surface area (Å²) >= 11 is 0. The Morgan fingerprint density at radius 3 is 2.41 bits per heavy atom. The summed E-state index contributed by atoms with van der Waals surface area (Å²) in [6.45, 7) is 2.14. The SMILES string of the molecule is CC(CCC(=O)NC1CCC(C(=O)O)CC1)c1ccccc1. The molecule has 22 heavy (non-hydrogen) atoms. The zero-order valence-electron chi connectivity index (χ0n) is 13.1. The number of aliphatic carboxylic acids is 1. The molecule has 0 radical (unpaired) electrons. The zero-order chi connectivity index (χ0) is 15.9. The molecule has 1 aliphatic rings. The Hall–Kier alpha value is -1.84. The van der Waals surface area contributed by atoms with Gasteiger partial charge in [0.05, 0.1) is 5.92 Å². The molecule has 2 N–H and O–H groups in total. The van der Waals surface area contributed by atoms with E-state index in [9.17, 15) is 9.59 Å². The maximum atomic E-state index is 12.0. The molecule has 0 saturated heterocycles. The Morgan fingerprint density at radius 1 is 1.18 bits per heavy atom. The summed E-state index contributed by atoms with van der Waals surface area (Å²) in [6.07, 6.45) is 4.24. The molecule has 1 unspecified atom stereocenters. The van der Waals surface area contributed by atoms with Gasteiger partial charge in [-0.15, -0.1) is 0 Å². The fourth-order valence-electron chi connectivity index (χ4n) is 3.08. The second-order valence-corrected chi connectivity index (χ2v) is 6.30. The summed E-state index contributed by atoms with van der Waals surface area (Å²) in [5.41, 5.74) is 1.26.